The van der Waals surface area contributed by atoms with Gasteiger partial charge in [0.15, 0.2) is 11.6 Å². The van der Waals surface area contributed by atoms with Crippen molar-refractivity contribution in [2.24, 2.45) is 0 Å². The number of rotatable bonds is 16. The Kier molecular flexibility index (Phi) is 15.1. The van der Waals surface area contributed by atoms with Crippen LogP contribution >= 0.6 is 0 Å². The predicted octanol–water partition coefficient (Wildman–Crippen LogP) is 8.59. The first-order valence-corrected chi connectivity index (χ1v) is 21.1. The number of carbonyl (C=O) groups excluding carboxylic acids is 3. The Morgan fingerprint density at radius 1 is 0.615 bits per heavy atom. The summed E-state index contributed by atoms with van der Waals surface area (Å²) in [4.78, 5) is 64.5. The predicted molar refractivity (Wildman–Crippen MR) is 233 cm³/mol. The fraction of sp³-hybridized carbons (Fsp3) is 0.556. The van der Waals surface area contributed by atoms with E-state index in [1.807, 2.05) is 0 Å². The molecular formula is C45H58F2N6O12. The molecule has 3 N–H and O–H groups in total. The molecule has 354 valence electrons. The number of methoxy groups -OCH3 is 1. The number of nitrogens with zero attached hydrogens (tertiary/aromatic N) is 4. The number of hydrogen-bond acceptors (Lipinski definition) is 17. The molecule has 0 bridgehead atoms. The Morgan fingerprint density at radius 2 is 1.00 bits per heavy atom. The lowest BCUT2D eigenvalue weighted by molar-refractivity contribution is -0.144. The molecule has 6 rings (SSSR count). The van der Waals surface area contributed by atoms with Gasteiger partial charge >= 0.3 is 24.2 Å². The Hall–Kier alpha value is -6.34. The van der Waals surface area contributed by atoms with Crippen molar-refractivity contribution >= 4 is 57.4 Å². The maximum absolute atomic E-state index is 15.0. The van der Waals surface area contributed by atoms with Gasteiger partial charge in [-0.3, -0.25) is 0 Å². The first-order valence-electron chi connectivity index (χ1n) is 21.1. The quantitative estimate of drug-likeness (QED) is 0.0543. The molecule has 0 amide bonds. The minimum absolute atomic E-state index is 0.0115. The second-order valence-electron chi connectivity index (χ2n) is 18.7. The van der Waals surface area contributed by atoms with E-state index >= 15 is 4.39 Å². The summed E-state index contributed by atoms with van der Waals surface area (Å²) in [6.07, 6.45) is 2.07. The number of benzene rings is 2. The molecule has 2 aliphatic carbocycles. The molecule has 2 fully saturated rings. The van der Waals surface area contributed by atoms with Crippen LogP contribution in [0.25, 0.3) is 21.8 Å². The molecule has 0 saturated heterocycles. The van der Waals surface area contributed by atoms with E-state index in [2.05, 4.69) is 30.6 Å². The van der Waals surface area contributed by atoms with E-state index in [9.17, 15) is 28.7 Å². The zero-order valence-electron chi connectivity index (χ0n) is 38.6. The molecule has 2 aromatic carbocycles. The van der Waals surface area contributed by atoms with Crippen molar-refractivity contribution in [3.05, 3.63) is 47.5 Å². The number of esters is 1. The van der Waals surface area contributed by atoms with Crippen LogP contribution in [-0.2, 0) is 33.3 Å². The Balaban J connectivity index is 0.000000244. The molecule has 2 aliphatic rings. The molecule has 0 spiro atoms. The normalized spacial score (nSPS) is 14.1. The average molecular weight is 913 g/mol. The maximum Gasteiger partial charge on any atom is 0.508 e. The molecular weight excluding hydrogens is 855 g/mol. The van der Waals surface area contributed by atoms with Gasteiger partial charge in [0.05, 0.1) is 17.9 Å². The monoisotopic (exact) mass is 912 g/mol. The summed E-state index contributed by atoms with van der Waals surface area (Å²) in [5.74, 6) is -1.14. The van der Waals surface area contributed by atoms with E-state index in [1.165, 1.54) is 33.1 Å². The summed E-state index contributed by atoms with van der Waals surface area (Å²) < 4.78 is 66.4. The number of anilines is 2. The van der Waals surface area contributed by atoms with Crippen molar-refractivity contribution in [3.63, 3.8) is 0 Å². The molecule has 65 heavy (non-hydrogen) atoms. The molecule has 0 radical (unpaired) electrons. The fourth-order valence-electron chi connectivity index (χ4n) is 5.94. The molecule has 0 aliphatic heterocycles. The number of fused-ring (bicyclic) bond motifs is 2. The molecule has 2 aromatic heterocycles. The first kappa shape index (κ1) is 49.7. The molecule has 20 heteroatoms. The number of carboxylic acid groups (broad SMARTS) is 1. The van der Waals surface area contributed by atoms with Gasteiger partial charge in [-0.1, -0.05) is 0 Å². The second-order valence-corrected chi connectivity index (χ2v) is 18.7. The zero-order valence-corrected chi connectivity index (χ0v) is 38.6. The summed E-state index contributed by atoms with van der Waals surface area (Å²) in [7, 11) is 1.28. The highest BCUT2D eigenvalue weighted by atomic mass is 19.1. The van der Waals surface area contributed by atoms with Gasteiger partial charge in [-0.05, 0) is 119 Å². The lowest BCUT2D eigenvalue weighted by Crippen LogP contribution is -2.41. The number of aromatic nitrogens is 4. The van der Waals surface area contributed by atoms with Crippen LogP contribution in [0, 0.1) is 11.6 Å². The van der Waals surface area contributed by atoms with E-state index < -0.39 is 58.2 Å². The molecule has 2 saturated carbocycles. The number of ether oxygens (including phenoxy) is 7. The molecule has 18 nitrogen and oxygen atoms in total. The van der Waals surface area contributed by atoms with Gasteiger partial charge in [0.2, 0.25) is 11.8 Å². The van der Waals surface area contributed by atoms with Crippen LogP contribution in [0.15, 0.2) is 24.3 Å². The zero-order chi connectivity index (χ0) is 48.1. The van der Waals surface area contributed by atoms with Crippen molar-refractivity contribution in [1.82, 2.24) is 19.9 Å². The number of aliphatic carboxylic acids is 1. The van der Waals surface area contributed by atoms with E-state index in [0.29, 0.717) is 22.7 Å². The SMILES string of the molecule is CC(C)(C)OC(=O)OCCOc1nc(C2CC2)nc2c(F)cc(NC(C)(C)C(=O)O)cc12.COC(=O)C(C)(C)Nc1cc(F)c2nc(C3CC3)nc(OCCOC(=O)OC(C)(C)C)c2c1. The van der Waals surface area contributed by atoms with Gasteiger partial charge < -0.3 is 48.9 Å². The Morgan fingerprint density at radius 3 is 1.34 bits per heavy atom. The lowest BCUT2D eigenvalue weighted by Gasteiger charge is -2.24. The smallest absolute Gasteiger partial charge is 0.480 e. The number of nitrogens with one attached hydrogen (secondary N) is 2. The minimum atomic E-state index is -1.32. The van der Waals surface area contributed by atoms with Gasteiger partial charge in [-0.25, -0.2) is 37.9 Å². The van der Waals surface area contributed by atoms with Crippen molar-refractivity contribution in [2.75, 3.05) is 44.2 Å². The number of carboxylic acids is 1. The topological polar surface area (TPSA) is 229 Å². The third-order valence-corrected chi connectivity index (χ3v) is 9.36. The summed E-state index contributed by atoms with van der Waals surface area (Å²) in [5.41, 5.74) is -2.96. The average Bonchev–Trinajstić information content (AvgIpc) is 4.11. The van der Waals surface area contributed by atoms with Gasteiger partial charge in [0.25, 0.3) is 0 Å². The van der Waals surface area contributed by atoms with Gasteiger partial charge in [-0.15, -0.1) is 0 Å². The highest BCUT2D eigenvalue weighted by Gasteiger charge is 2.33. The highest BCUT2D eigenvalue weighted by molar-refractivity contribution is 5.90. The third kappa shape index (κ3) is 14.3. The molecule has 4 aromatic rings. The number of carbonyl (C=O) groups is 4. The largest absolute Gasteiger partial charge is 0.508 e. The highest BCUT2D eigenvalue weighted by Crippen LogP contribution is 2.42. The van der Waals surface area contributed by atoms with Crippen LogP contribution in [0.2, 0.25) is 0 Å². The Labute approximate surface area is 375 Å². The van der Waals surface area contributed by atoms with Gasteiger partial charge in [0.1, 0.15) is 71.4 Å². The van der Waals surface area contributed by atoms with E-state index in [0.717, 1.165) is 25.7 Å². The third-order valence-electron chi connectivity index (χ3n) is 9.36. The van der Waals surface area contributed by atoms with E-state index in [4.69, 9.17) is 33.2 Å². The van der Waals surface area contributed by atoms with E-state index in [1.54, 1.807) is 67.5 Å². The summed E-state index contributed by atoms with van der Waals surface area (Å²) in [6.45, 7) is 16.4. The van der Waals surface area contributed by atoms with E-state index in [-0.39, 0.29) is 72.1 Å². The summed E-state index contributed by atoms with van der Waals surface area (Å²) >= 11 is 0. The maximum atomic E-state index is 15.0. The molecule has 0 unspecified atom stereocenters. The fourth-order valence-corrected chi connectivity index (χ4v) is 5.94. The first-order chi connectivity index (χ1) is 30.2. The Bertz CT molecular complexity index is 2410. The minimum Gasteiger partial charge on any atom is -0.480 e. The standard InChI is InChI=1S/C23H30FN3O6.C22H28FN3O6/c1-22(2,3)33-21(29)32-10-9-31-19-15-11-14(27-23(4,5)20(28)30-6)12-16(24)17(15)25-18(26-19)13-7-8-13;1-21(2,3)32-20(29)31-9-8-30-18-14-10-13(26-22(4,5)19(27)28)11-15(23)16(14)24-17(25-18)12-6-7-12/h11-13,27H,7-10H2,1-6H3;10-12,26H,6-9H2,1-5H3,(H,27,28). The number of halogens is 2. The van der Waals surface area contributed by atoms with Gasteiger partial charge in [-0.2, -0.15) is 9.97 Å². The van der Waals surface area contributed by atoms with Crippen molar-refractivity contribution in [1.29, 1.82) is 0 Å². The van der Waals surface area contributed by atoms with Crippen LogP contribution in [0.3, 0.4) is 0 Å². The van der Waals surface area contributed by atoms with Crippen LogP contribution in [0.4, 0.5) is 29.7 Å². The van der Waals surface area contributed by atoms with Gasteiger partial charge in [0, 0.05) is 23.2 Å². The summed E-state index contributed by atoms with van der Waals surface area (Å²) in [5, 5.41) is 15.7. The van der Waals surface area contributed by atoms with Crippen LogP contribution in [0.1, 0.15) is 118 Å². The van der Waals surface area contributed by atoms with Crippen LogP contribution in [0.5, 0.6) is 11.8 Å². The van der Waals surface area contributed by atoms with Crippen LogP contribution in [-0.4, -0.2) is 105 Å². The molecule has 0 atom stereocenters. The van der Waals surface area contributed by atoms with Crippen LogP contribution < -0.4 is 20.1 Å². The lowest BCUT2D eigenvalue weighted by atomic mass is 10.0. The second kappa shape index (κ2) is 19.8. The summed E-state index contributed by atoms with van der Waals surface area (Å²) in [6, 6.07) is 5.63. The van der Waals surface area contributed by atoms with Crippen molar-refractivity contribution in [3.8, 4) is 11.8 Å². The van der Waals surface area contributed by atoms with Crippen molar-refractivity contribution in [2.45, 2.75) is 129 Å². The number of hydrogen-bond donors (Lipinski definition) is 3. The van der Waals surface area contributed by atoms with Crippen molar-refractivity contribution < 1.29 is 66.2 Å². The molecule has 2 heterocycles.